The number of hydrogen-bond acceptors (Lipinski definition) is 7. The van der Waals surface area contributed by atoms with E-state index >= 15 is 0 Å². The molecular weight excluding hydrogens is 398 g/mol. The monoisotopic (exact) mass is 419 g/mol. The van der Waals surface area contributed by atoms with Crippen molar-refractivity contribution in [2.45, 2.75) is 11.4 Å². The van der Waals surface area contributed by atoms with Crippen LogP contribution in [-0.2, 0) is 16.6 Å². The maximum Gasteiger partial charge on any atom is 0.442 e. The first-order chi connectivity index (χ1) is 13.8. The van der Waals surface area contributed by atoms with Gasteiger partial charge in [-0.05, 0) is 35.9 Å². The summed E-state index contributed by atoms with van der Waals surface area (Å²) in [5.41, 5.74) is 1.20. The summed E-state index contributed by atoms with van der Waals surface area (Å²) in [6, 6.07) is 11.5. The minimum Gasteiger partial charge on any atom is -0.493 e. The topological polar surface area (TPSA) is 104 Å². The van der Waals surface area contributed by atoms with Crippen molar-refractivity contribution >= 4 is 10.0 Å². The van der Waals surface area contributed by atoms with Crippen LogP contribution in [0, 0.1) is 0 Å². The molecule has 0 bridgehead atoms. The third-order valence-corrected chi connectivity index (χ3v) is 6.16. The predicted octanol–water partition coefficient (Wildman–Crippen LogP) is 1.82. The highest BCUT2D eigenvalue weighted by Gasteiger charge is 2.19. The lowest BCUT2D eigenvalue weighted by Crippen LogP contribution is -2.22. The molecule has 154 valence electrons. The number of aromatic nitrogens is 2. The van der Waals surface area contributed by atoms with Gasteiger partial charge in [-0.2, -0.15) is 0 Å². The second-order valence-corrected chi connectivity index (χ2v) is 8.51. The normalized spacial score (nSPS) is 11.6. The van der Waals surface area contributed by atoms with Crippen molar-refractivity contribution in [1.82, 2.24) is 14.0 Å². The Hall–Kier alpha value is -3.11. The molecule has 9 nitrogen and oxygen atoms in total. The van der Waals surface area contributed by atoms with Crippen molar-refractivity contribution in [3.8, 4) is 22.9 Å². The minimum atomic E-state index is -3.59. The average Bonchev–Trinajstić information content (AvgIpc) is 3.07. The van der Waals surface area contributed by atoms with E-state index in [2.05, 4.69) is 5.16 Å². The molecule has 0 saturated heterocycles. The minimum absolute atomic E-state index is 0.0861. The molecule has 2 aromatic carbocycles. The van der Waals surface area contributed by atoms with E-state index in [9.17, 15) is 13.2 Å². The van der Waals surface area contributed by atoms with Crippen LogP contribution in [0.5, 0.6) is 11.5 Å². The summed E-state index contributed by atoms with van der Waals surface area (Å²) in [5.74, 6) is 0.647. The second kappa shape index (κ2) is 8.10. The number of rotatable bonds is 7. The Kier molecular flexibility index (Phi) is 5.76. The highest BCUT2D eigenvalue weighted by atomic mass is 32.2. The van der Waals surface area contributed by atoms with Crippen LogP contribution >= 0.6 is 0 Å². The van der Waals surface area contributed by atoms with Gasteiger partial charge < -0.3 is 9.47 Å². The standard InChI is InChI=1S/C19H21N3O6S/c1-21(2)29(24,25)15-7-5-6-13(10-15)12-22-18(20-28-19(22)23)14-8-9-16(26-3)17(11-14)27-4/h5-11H,12H2,1-4H3. The van der Waals surface area contributed by atoms with Gasteiger partial charge in [0.2, 0.25) is 10.0 Å². The summed E-state index contributed by atoms with van der Waals surface area (Å²) in [6.45, 7) is 0.0861. The molecule has 0 aliphatic rings. The SMILES string of the molecule is COc1ccc(-c2noc(=O)n2Cc2cccc(S(=O)(=O)N(C)C)c2)cc1OC. The van der Waals surface area contributed by atoms with Gasteiger partial charge in [0.25, 0.3) is 0 Å². The molecular formula is C19H21N3O6S. The molecule has 0 aliphatic carbocycles. The molecule has 3 rings (SSSR count). The quantitative estimate of drug-likeness (QED) is 0.575. The van der Waals surface area contributed by atoms with Gasteiger partial charge in [0, 0.05) is 19.7 Å². The van der Waals surface area contributed by atoms with Crippen LogP contribution < -0.4 is 15.2 Å². The first kappa shape index (κ1) is 20.6. The molecule has 0 fully saturated rings. The van der Waals surface area contributed by atoms with E-state index < -0.39 is 15.8 Å². The highest BCUT2D eigenvalue weighted by molar-refractivity contribution is 7.89. The Morgan fingerprint density at radius 3 is 2.45 bits per heavy atom. The average molecular weight is 419 g/mol. The molecule has 1 heterocycles. The van der Waals surface area contributed by atoms with E-state index in [0.29, 0.717) is 22.6 Å². The van der Waals surface area contributed by atoms with Crippen LogP contribution in [0.3, 0.4) is 0 Å². The van der Waals surface area contributed by atoms with E-state index in [1.807, 2.05) is 0 Å². The molecule has 0 atom stereocenters. The summed E-state index contributed by atoms with van der Waals surface area (Å²) in [6.07, 6.45) is 0. The van der Waals surface area contributed by atoms with Crippen molar-refractivity contribution in [3.63, 3.8) is 0 Å². The Bertz CT molecular complexity index is 1180. The van der Waals surface area contributed by atoms with Gasteiger partial charge in [0.15, 0.2) is 17.3 Å². The third-order valence-electron chi connectivity index (χ3n) is 4.35. The van der Waals surface area contributed by atoms with Crippen molar-refractivity contribution < 1.29 is 22.4 Å². The number of methoxy groups -OCH3 is 2. The van der Waals surface area contributed by atoms with Crippen LogP contribution in [0.1, 0.15) is 5.56 Å². The maximum atomic E-state index is 12.4. The summed E-state index contributed by atoms with van der Waals surface area (Å²) in [4.78, 5) is 12.4. The van der Waals surface area contributed by atoms with Gasteiger partial charge in [0.1, 0.15) is 0 Å². The van der Waals surface area contributed by atoms with Gasteiger partial charge in [-0.25, -0.2) is 17.5 Å². The van der Waals surface area contributed by atoms with E-state index in [-0.39, 0.29) is 17.3 Å². The Labute approximate surface area is 168 Å². The summed E-state index contributed by atoms with van der Waals surface area (Å²) < 4.78 is 42.6. The second-order valence-electron chi connectivity index (χ2n) is 6.36. The summed E-state index contributed by atoms with van der Waals surface area (Å²) in [7, 11) is 2.36. The number of sulfonamides is 1. The lowest BCUT2D eigenvalue weighted by molar-refractivity contribution is 0.355. The zero-order valence-electron chi connectivity index (χ0n) is 16.4. The smallest absolute Gasteiger partial charge is 0.442 e. The highest BCUT2D eigenvalue weighted by Crippen LogP contribution is 2.31. The molecule has 0 spiro atoms. The molecule has 10 heteroatoms. The molecule has 0 N–H and O–H groups in total. The fraction of sp³-hybridized carbons (Fsp3) is 0.263. The molecule has 0 unspecified atom stereocenters. The molecule has 0 aliphatic heterocycles. The number of ether oxygens (including phenoxy) is 2. The molecule has 0 amide bonds. The Morgan fingerprint density at radius 2 is 1.79 bits per heavy atom. The first-order valence-corrected chi connectivity index (χ1v) is 10.0. The van der Waals surface area contributed by atoms with E-state index in [1.54, 1.807) is 30.3 Å². The fourth-order valence-corrected chi connectivity index (χ4v) is 3.76. The third kappa shape index (κ3) is 4.03. The van der Waals surface area contributed by atoms with E-state index in [4.69, 9.17) is 14.0 Å². The summed E-state index contributed by atoms with van der Waals surface area (Å²) >= 11 is 0. The van der Waals surface area contributed by atoms with Crippen LogP contribution in [0.4, 0.5) is 0 Å². The predicted molar refractivity (Wildman–Crippen MR) is 106 cm³/mol. The molecule has 29 heavy (non-hydrogen) atoms. The molecule has 0 radical (unpaired) electrons. The summed E-state index contributed by atoms with van der Waals surface area (Å²) in [5, 5.41) is 3.87. The van der Waals surface area contributed by atoms with Crippen LogP contribution in [0.2, 0.25) is 0 Å². The molecule has 1 aromatic heterocycles. The maximum absolute atomic E-state index is 12.4. The Morgan fingerprint density at radius 1 is 1.07 bits per heavy atom. The van der Waals surface area contributed by atoms with Gasteiger partial charge >= 0.3 is 5.76 Å². The first-order valence-electron chi connectivity index (χ1n) is 8.58. The number of benzene rings is 2. The number of nitrogens with zero attached hydrogens (tertiary/aromatic N) is 3. The van der Waals surface area contributed by atoms with Crippen molar-refractivity contribution in [2.24, 2.45) is 0 Å². The molecule has 0 saturated carbocycles. The van der Waals surface area contributed by atoms with Gasteiger partial charge in [-0.15, -0.1) is 0 Å². The van der Waals surface area contributed by atoms with Crippen LogP contribution in [0.15, 0.2) is 56.7 Å². The van der Waals surface area contributed by atoms with Gasteiger partial charge in [-0.1, -0.05) is 17.3 Å². The van der Waals surface area contributed by atoms with Crippen LogP contribution in [0.25, 0.3) is 11.4 Å². The van der Waals surface area contributed by atoms with Gasteiger partial charge in [0.05, 0.1) is 25.7 Å². The fourth-order valence-electron chi connectivity index (χ4n) is 2.79. The number of hydrogen-bond donors (Lipinski definition) is 0. The Balaban J connectivity index is 2.01. The van der Waals surface area contributed by atoms with Gasteiger partial charge in [-0.3, -0.25) is 9.09 Å². The van der Waals surface area contributed by atoms with Crippen molar-refractivity contribution in [1.29, 1.82) is 0 Å². The van der Waals surface area contributed by atoms with Crippen LogP contribution in [-0.4, -0.2) is 50.8 Å². The lowest BCUT2D eigenvalue weighted by atomic mass is 10.1. The molecule has 3 aromatic rings. The van der Waals surface area contributed by atoms with E-state index in [0.717, 1.165) is 4.31 Å². The van der Waals surface area contributed by atoms with Crippen molar-refractivity contribution in [3.05, 3.63) is 58.6 Å². The zero-order chi connectivity index (χ0) is 21.2. The zero-order valence-corrected chi connectivity index (χ0v) is 17.3. The lowest BCUT2D eigenvalue weighted by Gasteiger charge is -2.13. The largest absolute Gasteiger partial charge is 0.493 e. The van der Waals surface area contributed by atoms with Crippen molar-refractivity contribution in [2.75, 3.05) is 28.3 Å². The van der Waals surface area contributed by atoms with E-state index in [1.165, 1.54) is 45.0 Å².